The van der Waals surface area contributed by atoms with E-state index in [1.807, 2.05) is 6.07 Å². The number of hydrogen-bond acceptors (Lipinski definition) is 4. The standard InChI is InChI=1S/C22H18F4N2O3/c1-14-10-20(19(23)12-15-6-8-18(9-7-15)31-22(24,25)26)27-28(14)13-16-4-3-5-17(11-16)21(29)30-2/h3-12H,13H2,1-2H3. The number of nitrogens with zero attached hydrogens (tertiary/aromatic N) is 2. The van der Waals surface area contributed by atoms with Gasteiger partial charge in [-0.05, 0) is 54.5 Å². The van der Waals surface area contributed by atoms with Gasteiger partial charge in [-0.3, -0.25) is 4.68 Å². The molecule has 162 valence electrons. The number of carbonyl (C=O) groups is 1. The van der Waals surface area contributed by atoms with Crippen molar-refractivity contribution in [3.05, 3.63) is 82.7 Å². The number of alkyl halides is 3. The normalized spacial score (nSPS) is 12.0. The lowest BCUT2D eigenvalue weighted by Gasteiger charge is -2.08. The van der Waals surface area contributed by atoms with Crippen LogP contribution in [0.1, 0.15) is 32.9 Å². The van der Waals surface area contributed by atoms with Crippen LogP contribution in [0.5, 0.6) is 5.75 Å². The molecule has 9 heteroatoms. The molecule has 31 heavy (non-hydrogen) atoms. The topological polar surface area (TPSA) is 53.4 Å². The molecule has 0 atom stereocenters. The predicted molar refractivity (Wildman–Crippen MR) is 106 cm³/mol. The maximum Gasteiger partial charge on any atom is 0.573 e. The Morgan fingerprint density at radius 3 is 2.48 bits per heavy atom. The van der Waals surface area contributed by atoms with Crippen LogP contribution in [0.2, 0.25) is 0 Å². The SMILES string of the molecule is COC(=O)c1cccc(Cn2nc(C(F)=Cc3ccc(OC(F)(F)F)cc3)cc2C)c1. The third kappa shape index (κ3) is 5.94. The highest BCUT2D eigenvalue weighted by molar-refractivity contribution is 5.89. The van der Waals surface area contributed by atoms with Crippen LogP contribution in [0.15, 0.2) is 54.6 Å². The van der Waals surface area contributed by atoms with Crippen LogP contribution in [-0.4, -0.2) is 29.2 Å². The molecule has 2 aromatic carbocycles. The minimum atomic E-state index is -4.79. The third-order valence-corrected chi connectivity index (χ3v) is 4.31. The van der Waals surface area contributed by atoms with E-state index in [-0.39, 0.29) is 11.4 Å². The Kier molecular flexibility index (Phi) is 6.43. The number of esters is 1. The largest absolute Gasteiger partial charge is 0.573 e. The molecule has 0 unspecified atom stereocenters. The monoisotopic (exact) mass is 434 g/mol. The van der Waals surface area contributed by atoms with E-state index in [1.165, 1.54) is 25.3 Å². The average molecular weight is 434 g/mol. The zero-order valence-corrected chi connectivity index (χ0v) is 16.6. The van der Waals surface area contributed by atoms with E-state index in [9.17, 15) is 22.4 Å². The van der Waals surface area contributed by atoms with Crippen molar-refractivity contribution in [2.75, 3.05) is 7.11 Å². The summed E-state index contributed by atoms with van der Waals surface area (Å²) in [5, 5.41) is 4.25. The van der Waals surface area contributed by atoms with Gasteiger partial charge in [-0.15, -0.1) is 13.2 Å². The number of benzene rings is 2. The van der Waals surface area contributed by atoms with Crippen molar-refractivity contribution < 1.29 is 31.8 Å². The molecule has 0 fully saturated rings. The summed E-state index contributed by atoms with van der Waals surface area (Å²) < 4.78 is 61.4. The fraction of sp³-hybridized carbons (Fsp3) is 0.182. The second kappa shape index (κ2) is 9.03. The molecule has 0 aliphatic carbocycles. The molecule has 3 rings (SSSR count). The summed E-state index contributed by atoms with van der Waals surface area (Å²) in [4.78, 5) is 11.7. The van der Waals surface area contributed by atoms with Gasteiger partial charge in [0.15, 0.2) is 5.83 Å². The van der Waals surface area contributed by atoms with Gasteiger partial charge in [0.05, 0.1) is 19.2 Å². The second-order valence-corrected chi connectivity index (χ2v) is 6.63. The summed E-state index contributed by atoms with van der Waals surface area (Å²) in [6.07, 6.45) is -3.62. The molecule has 0 aliphatic heterocycles. The van der Waals surface area contributed by atoms with Gasteiger partial charge in [0.1, 0.15) is 11.4 Å². The molecule has 0 N–H and O–H groups in total. The Hall–Kier alpha value is -3.62. The van der Waals surface area contributed by atoms with Crippen LogP contribution >= 0.6 is 0 Å². The van der Waals surface area contributed by atoms with Gasteiger partial charge in [0, 0.05) is 5.69 Å². The summed E-state index contributed by atoms with van der Waals surface area (Å²) in [6.45, 7) is 2.07. The van der Waals surface area contributed by atoms with E-state index in [1.54, 1.807) is 35.9 Å². The fourth-order valence-electron chi connectivity index (χ4n) is 2.86. The molecular weight excluding hydrogens is 416 g/mol. The van der Waals surface area contributed by atoms with E-state index in [4.69, 9.17) is 4.74 Å². The summed E-state index contributed by atoms with van der Waals surface area (Å²) in [5.74, 6) is -1.49. The van der Waals surface area contributed by atoms with E-state index in [2.05, 4.69) is 9.84 Å². The maximum absolute atomic E-state index is 14.7. The van der Waals surface area contributed by atoms with E-state index in [0.29, 0.717) is 23.4 Å². The first-order chi connectivity index (χ1) is 14.6. The molecule has 0 saturated carbocycles. The Morgan fingerprint density at radius 1 is 1.13 bits per heavy atom. The molecule has 0 amide bonds. The van der Waals surface area contributed by atoms with Crippen molar-refractivity contribution in [1.29, 1.82) is 0 Å². The van der Waals surface area contributed by atoms with Crippen LogP contribution < -0.4 is 4.74 Å². The van der Waals surface area contributed by atoms with Gasteiger partial charge in [-0.1, -0.05) is 24.3 Å². The van der Waals surface area contributed by atoms with Crippen molar-refractivity contribution >= 4 is 17.9 Å². The summed E-state index contributed by atoms with van der Waals surface area (Å²) in [5.41, 5.74) is 2.30. The highest BCUT2D eigenvalue weighted by Crippen LogP contribution is 2.25. The fourth-order valence-corrected chi connectivity index (χ4v) is 2.86. The number of aromatic nitrogens is 2. The molecule has 0 radical (unpaired) electrons. The average Bonchev–Trinajstić information content (AvgIpc) is 3.08. The van der Waals surface area contributed by atoms with Crippen LogP contribution in [0, 0.1) is 6.92 Å². The van der Waals surface area contributed by atoms with Gasteiger partial charge < -0.3 is 9.47 Å². The number of ether oxygens (including phenoxy) is 2. The first-order valence-corrected chi connectivity index (χ1v) is 9.10. The summed E-state index contributed by atoms with van der Waals surface area (Å²) in [6, 6.07) is 13.2. The van der Waals surface area contributed by atoms with E-state index in [0.717, 1.165) is 17.7 Å². The van der Waals surface area contributed by atoms with Gasteiger partial charge in [-0.2, -0.15) is 5.10 Å². The molecule has 1 heterocycles. The van der Waals surface area contributed by atoms with Crippen molar-refractivity contribution in [3.63, 3.8) is 0 Å². The number of carbonyl (C=O) groups excluding carboxylic acids is 1. The lowest BCUT2D eigenvalue weighted by molar-refractivity contribution is -0.274. The van der Waals surface area contributed by atoms with Crippen LogP contribution in [0.25, 0.3) is 11.9 Å². The number of hydrogen-bond donors (Lipinski definition) is 0. The Labute approximate surface area is 175 Å². The Balaban J connectivity index is 1.76. The number of aryl methyl sites for hydroxylation is 1. The molecular formula is C22H18F4N2O3. The van der Waals surface area contributed by atoms with Gasteiger partial charge in [0.2, 0.25) is 0 Å². The smallest absolute Gasteiger partial charge is 0.465 e. The molecule has 5 nitrogen and oxygen atoms in total. The van der Waals surface area contributed by atoms with Crippen molar-refractivity contribution in [1.82, 2.24) is 9.78 Å². The van der Waals surface area contributed by atoms with Crippen LogP contribution in [0.4, 0.5) is 17.6 Å². The predicted octanol–water partition coefficient (Wildman–Crippen LogP) is 5.39. The molecule has 0 spiro atoms. The lowest BCUT2D eigenvalue weighted by atomic mass is 10.1. The van der Waals surface area contributed by atoms with Gasteiger partial charge >= 0.3 is 12.3 Å². The maximum atomic E-state index is 14.7. The van der Waals surface area contributed by atoms with Crippen molar-refractivity contribution in [2.24, 2.45) is 0 Å². The van der Waals surface area contributed by atoms with Crippen LogP contribution in [0.3, 0.4) is 0 Å². The molecule has 1 aromatic heterocycles. The summed E-state index contributed by atoms with van der Waals surface area (Å²) >= 11 is 0. The zero-order chi connectivity index (χ0) is 22.6. The van der Waals surface area contributed by atoms with Gasteiger partial charge in [-0.25, -0.2) is 9.18 Å². The first kappa shape index (κ1) is 22.1. The zero-order valence-electron chi connectivity index (χ0n) is 16.6. The van der Waals surface area contributed by atoms with Crippen LogP contribution in [-0.2, 0) is 11.3 Å². The quantitative estimate of drug-likeness (QED) is 0.386. The van der Waals surface area contributed by atoms with Crippen molar-refractivity contribution in [2.45, 2.75) is 19.8 Å². The van der Waals surface area contributed by atoms with Gasteiger partial charge in [0.25, 0.3) is 0 Å². The number of halogens is 4. The summed E-state index contributed by atoms with van der Waals surface area (Å²) in [7, 11) is 1.30. The Bertz CT molecular complexity index is 1100. The Morgan fingerprint density at radius 2 is 1.84 bits per heavy atom. The molecule has 0 saturated heterocycles. The lowest BCUT2D eigenvalue weighted by Crippen LogP contribution is -2.16. The highest BCUT2D eigenvalue weighted by Gasteiger charge is 2.30. The molecule has 3 aromatic rings. The number of rotatable bonds is 6. The number of methoxy groups -OCH3 is 1. The van der Waals surface area contributed by atoms with E-state index >= 15 is 0 Å². The van der Waals surface area contributed by atoms with Crippen molar-refractivity contribution in [3.8, 4) is 5.75 Å². The third-order valence-electron chi connectivity index (χ3n) is 4.31. The second-order valence-electron chi connectivity index (χ2n) is 6.63. The minimum absolute atomic E-state index is 0.0808. The molecule has 0 bridgehead atoms. The highest BCUT2D eigenvalue weighted by atomic mass is 19.4. The molecule has 0 aliphatic rings. The first-order valence-electron chi connectivity index (χ1n) is 9.10. The minimum Gasteiger partial charge on any atom is -0.465 e. The van der Waals surface area contributed by atoms with E-state index < -0.39 is 18.2 Å².